The number of aromatic nitrogens is 2. The molecule has 0 radical (unpaired) electrons. The first kappa shape index (κ1) is 21.0. The van der Waals surface area contributed by atoms with Crippen molar-refractivity contribution in [1.29, 1.82) is 5.26 Å². The third-order valence-electron chi connectivity index (χ3n) is 4.28. The number of benzene rings is 1. The van der Waals surface area contributed by atoms with E-state index in [2.05, 4.69) is 17.4 Å². The summed E-state index contributed by atoms with van der Waals surface area (Å²) in [4.78, 5) is 4.22. The molecule has 1 aromatic heterocycles. The molecule has 0 aliphatic carbocycles. The van der Waals surface area contributed by atoms with Gasteiger partial charge in [0.1, 0.15) is 16.7 Å². The number of hydrogen-bond acceptors (Lipinski definition) is 2. The molecule has 0 amide bonds. The summed E-state index contributed by atoms with van der Waals surface area (Å²) in [5.74, 6) is 0.135. The fourth-order valence-electron chi connectivity index (χ4n) is 2.70. The molecule has 0 saturated heterocycles. The van der Waals surface area contributed by atoms with Gasteiger partial charge in [0, 0.05) is 10.6 Å². The summed E-state index contributed by atoms with van der Waals surface area (Å²) >= 11 is 12.5. The molecule has 1 heterocycles. The van der Waals surface area contributed by atoms with E-state index in [0.717, 1.165) is 11.1 Å². The molecule has 0 spiro atoms. The molecule has 2 rings (SSSR count). The fourth-order valence-corrected chi connectivity index (χ4v) is 4.34. The van der Waals surface area contributed by atoms with E-state index in [9.17, 15) is 14.0 Å². The van der Waals surface area contributed by atoms with Crippen LogP contribution >= 0.6 is 30.1 Å². The van der Waals surface area contributed by atoms with Gasteiger partial charge in [-0.2, -0.15) is 14.0 Å². The molecule has 8 heteroatoms. The topological polar surface area (TPSA) is 41.6 Å². The number of halogens is 4. The van der Waals surface area contributed by atoms with Gasteiger partial charge in [-0.3, -0.25) is 4.57 Å². The van der Waals surface area contributed by atoms with Crippen LogP contribution in [-0.4, -0.2) is 34.8 Å². The van der Waals surface area contributed by atoms with Gasteiger partial charge < -0.3 is 0 Å². The number of nitriles is 1. The molecule has 140 valence electrons. The number of nitrogens with zero attached hydrogens (tertiary/aromatic N) is 3. The van der Waals surface area contributed by atoms with Gasteiger partial charge in [-0.25, -0.2) is 4.98 Å². The standard InChI is InChI=1S/C18H20Cl2F2N3P/c1-10-6-15(19)12(7-13(9-23)26(3,4)5)8-14(10)16-17(20)25(18(21)22)11(2)24-16/h6,8,13,18H,3,7H2,1-2,4-5H3. The number of hydrogen-bond donors (Lipinski definition) is 0. The molecule has 1 unspecified atom stereocenters. The second-order valence-corrected chi connectivity index (χ2v) is 11.8. The minimum atomic E-state index is -2.77. The van der Waals surface area contributed by atoms with Crippen molar-refractivity contribution in [1.82, 2.24) is 9.55 Å². The van der Waals surface area contributed by atoms with Crippen LogP contribution in [0.5, 0.6) is 0 Å². The van der Waals surface area contributed by atoms with Gasteiger partial charge in [0.2, 0.25) is 0 Å². The average molecular weight is 418 g/mol. The van der Waals surface area contributed by atoms with Crippen LogP contribution in [0.1, 0.15) is 23.5 Å². The maximum Gasteiger partial charge on any atom is 0.321 e. The van der Waals surface area contributed by atoms with Crippen molar-refractivity contribution < 1.29 is 8.78 Å². The van der Waals surface area contributed by atoms with Gasteiger partial charge in [-0.15, -0.1) is 6.89 Å². The summed E-state index contributed by atoms with van der Waals surface area (Å²) in [5.41, 5.74) is 2.21. The lowest BCUT2D eigenvalue weighted by molar-refractivity contribution is 0.0683. The number of alkyl halides is 2. The Hall–Kier alpha value is -1.34. The molecule has 3 nitrogen and oxygen atoms in total. The second-order valence-electron chi connectivity index (χ2n) is 6.83. The van der Waals surface area contributed by atoms with Crippen LogP contribution in [-0.2, 0) is 6.42 Å². The molecule has 0 aliphatic rings. The summed E-state index contributed by atoms with van der Waals surface area (Å²) in [6, 6.07) is 5.86. The molecule has 0 aliphatic heterocycles. The van der Waals surface area contributed by atoms with Gasteiger partial charge in [0.15, 0.2) is 0 Å². The Labute approximate surface area is 162 Å². The predicted octanol–water partition coefficient (Wildman–Crippen LogP) is 6.01. The van der Waals surface area contributed by atoms with Crippen LogP contribution in [0, 0.1) is 25.2 Å². The third kappa shape index (κ3) is 4.14. The smallest absolute Gasteiger partial charge is 0.260 e. The summed E-state index contributed by atoms with van der Waals surface area (Å²) in [5, 5.41) is 9.89. The molecular weight excluding hydrogens is 398 g/mol. The van der Waals surface area contributed by atoms with Crippen LogP contribution < -0.4 is 0 Å². The molecule has 26 heavy (non-hydrogen) atoms. The maximum absolute atomic E-state index is 13.2. The summed E-state index contributed by atoms with van der Waals surface area (Å²) in [6.45, 7) is 2.87. The van der Waals surface area contributed by atoms with Gasteiger partial charge >= 0.3 is 6.55 Å². The minimum Gasteiger partial charge on any atom is -0.260 e. The monoisotopic (exact) mass is 417 g/mol. The second kappa shape index (κ2) is 7.72. The van der Waals surface area contributed by atoms with E-state index < -0.39 is 13.4 Å². The molecule has 0 saturated carbocycles. The van der Waals surface area contributed by atoms with E-state index in [-0.39, 0.29) is 22.3 Å². The van der Waals surface area contributed by atoms with Gasteiger partial charge in [0.25, 0.3) is 0 Å². The molecule has 0 fully saturated rings. The van der Waals surface area contributed by atoms with Crippen molar-refractivity contribution in [3.63, 3.8) is 0 Å². The average Bonchev–Trinajstić information content (AvgIpc) is 2.80. The van der Waals surface area contributed by atoms with Crippen LogP contribution in [0.4, 0.5) is 8.78 Å². The highest BCUT2D eigenvalue weighted by molar-refractivity contribution is 7.73. The lowest BCUT2D eigenvalue weighted by Crippen LogP contribution is -2.09. The van der Waals surface area contributed by atoms with Crippen LogP contribution in [0.15, 0.2) is 12.1 Å². The van der Waals surface area contributed by atoms with Crippen molar-refractivity contribution in [3.8, 4) is 17.3 Å². The van der Waals surface area contributed by atoms with Gasteiger partial charge in [-0.05, 0) is 56.9 Å². The van der Waals surface area contributed by atoms with E-state index in [4.69, 9.17) is 23.2 Å². The number of aryl methyl sites for hydroxylation is 2. The highest BCUT2D eigenvalue weighted by Crippen LogP contribution is 2.44. The molecule has 1 aromatic carbocycles. The third-order valence-corrected chi connectivity index (χ3v) is 6.98. The zero-order chi connectivity index (χ0) is 19.8. The minimum absolute atomic E-state index is 0.115. The highest BCUT2D eigenvalue weighted by Gasteiger charge is 2.23. The van der Waals surface area contributed by atoms with Crippen molar-refractivity contribution >= 4 is 36.4 Å². The Morgan fingerprint density at radius 1 is 1.31 bits per heavy atom. The van der Waals surface area contributed by atoms with E-state index in [1.807, 2.05) is 20.3 Å². The van der Waals surface area contributed by atoms with Gasteiger partial charge in [-0.1, -0.05) is 29.5 Å². The largest absolute Gasteiger partial charge is 0.321 e. The van der Waals surface area contributed by atoms with Crippen LogP contribution in [0.25, 0.3) is 11.3 Å². The van der Waals surface area contributed by atoms with Crippen molar-refractivity contribution in [2.75, 3.05) is 13.3 Å². The molecule has 1 atom stereocenters. The Kier molecular flexibility index (Phi) is 6.23. The van der Waals surface area contributed by atoms with Crippen LogP contribution in [0.2, 0.25) is 10.2 Å². The Morgan fingerprint density at radius 2 is 1.92 bits per heavy atom. The highest BCUT2D eigenvalue weighted by atomic mass is 35.5. The molecule has 0 bridgehead atoms. The van der Waals surface area contributed by atoms with Gasteiger partial charge in [0.05, 0.1) is 11.7 Å². The van der Waals surface area contributed by atoms with Crippen molar-refractivity contribution in [2.45, 2.75) is 32.5 Å². The molecule has 0 N–H and O–H groups in total. The number of rotatable bonds is 5. The SMILES string of the molecule is C=P(C)(C)C(C#N)Cc1cc(-c2nc(C)n(C(F)F)c2Cl)c(C)cc1Cl. The Bertz CT molecular complexity index is 925. The molecular formula is C18H20Cl2F2N3P. The van der Waals surface area contributed by atoms with E-state index >= 15 is 0 Å². The Balaban J connectivity index is 2.58. The van der Waals surface area contributed by atoms with E-state index in [0.29, 0.717) is 21.6 Å². The normalized spacial score (nSPS) is 13.1. The molecule has 2 aromatic rings. The maximum atomic E-state index is 13.2. The summed E-state index contributed by atoms with van der Waals surface area (Å²) in [6.07, 6.45) is 4.58. The number of imidazole rings is 1. The fraction of sp³-hybridized carbons (Fsp3) is 0.389. The first-order valence-corrected chi connectivity index (χ1v) is 11.6. The lowest BCUT2D eigenvalue weighted by atomic mass is 10.00. The predicted molar refractivity (Wildman–Crippen MR) is 107 cm³/mol. The summed E-state index contributed by atoms with van der Waals surface area (Å²) < 4.78 is 27.1. The Morgan fingerprint density at radius 3 is 2.38 bits per heavy atom. The van der Waals surface area contributed by atoms with E-state index in [1.54, 1.807) is 12.1 Å². The van der Waals surface area contributed by atoms with Crippen molar-refractivity contribution in [2.24, 2.45) is 0 Å². The van der Waals surface area contributed by atoms with Crippen LogP contribution in [0.3, 0.4) is 0 Å². The first-order valence-electron chi connectivity index (χ1n) is 7.86. The van der Waals surface area contributed by atoms with E-state index in [1.165, 1.54) is 6.92 Å². The lowest BCUT2D eigenvalue weighted by Gasteiger charge is -2.21. The zero-order valence-corrected chi connectivity index (χ0v) is 17.4. The quantitative estimate of drug-likeness (QED) is 0.558. The summed E-state index contributed by atoms with van der Waals surface area (Å²) in [7, 11) is 0. The van der Waals surface area contributed by atoms with Crippen molar-refractivity contribution in [3.05, 3.63) is 39.3 Å². The first-order chi connectivity index (χ1) is 12.0. The zero-order valence-electron chi connectivity index (χ0n) is 15.0.